The molecule has 0 atom stereocenters. The van der Waals surface area contributed by atoms with Crippen molar-refractivity contribution in [3.63, 3.8) is 0 Å². The summed E-state index contributed by atoms with van der Waals surface area (Å²) in [5.74, 6) is 0. The van der Waals surface area contributed by atoms with Crippen molar-refractivity contribution in [1.29, 1.82) is 0 Å². The molecule has 0 radical (unpaired) electrons. The van der Waals surface area contributed by atoms with Crippen LogP contribution >= 0.6 is 22.7 Å². The van der Waals surface area contributed by atoms with Gasteiger partial charge in [0, 0.05) is 11.1 Å². The van der Waals surface area contributed by atoms with Gasteiger partial charge >= 0.3 is 0 Å². The van der Waals surface area contributed by atoms with Crippen LogP contribution in [0.3, 0.4) is 0 Å². The van der Waals surface area contributed by atoms with Crippen LogP contribution < -0.4 is 0 Å². The molecule has 2 aromatic heterocycles. The molecule has 11 rings (SSSR count). The van der Waals surface area contributed by atoms with E-state index in [-0.39, 0.29) is 0 Å². The zero-order chi connectivity index (χ0) is 35.9. The molecule has 0 saturated heterocycles. The summed E-state index contributed by atoms with van der Waals surface area (Å²) in [6.07, 6.45) is 0. The Hall–Kier alpha value is -6.20. The Bertz CT molecular complexity index is 3060. The van der Waals surface area contributed by atoms with Gasteiger partial charge in [-0.05, 0) is 139 Å². The van der Waals surface area contributed by atoms with Crippen molar-refractivity contribution in [2.24, 2.45) is 0 Å². The second-order valence-electron chi connectivity index (χ2n) is 14.4. The van der Waals surface area contributed by atoms with Gasteiger partial charge in [-0.3, -0.25) is 0 Å². The summed E-state index contributed by atoms with van der Waals surface area (Å²) in [5, 5.41) is 12.1. The zero-order valence-corrected chi connectivity index (χ0v) is 31.4. The van der Waals surface area contributed by atoms with Gasteiger partial charge in [0.2, 0.25) is 0 Å². The van der Waals surface area contributed by atoms with E-state index in [0.29, 0.717) is 0 Å². The second-order valence-corrected chi connectivity index (χ2v) is 16.4. The summed E-state index contributed by atoms with van der Waals surface area (Å²) in [5.41, 5.74) is 11.8. The topological polar surface area (TPSA) is 25.8 Å². The Morgan fingerprint density at radius 2 is 0.759 bits per heavy atom. The minimum absolute atomic E-state index is 1.05. The molecule has 0 aliphatic heterocycles. The summed E-state index contributed by atoms with van der Waals surface area (Å²) < 4.78 is 2.45. The van der Waals surface area contributed by atoms with Gasteiger partial charge in [-0.1, -0.05) is 109 Å². The minimum Gasteiger partial charge on any atom is -0.236 e. The van der Waals surface area contributed by atoms with Gasteiger partial charge in [0.1, 0.15) is 10.0 Å². The van der Waals surface area contributed by atoms with Crippen molar-refractivity contribution in [1.82, 2.24) is 9.97 Å². The van der Waals surface area contributed by atoms with Crippen LogP contribution in [0.5, 0.6) is 0 Å². The Morgan fingerprint density at radius 3 is 1.20 bits per heavy atom. The monoisotopic (exact) mass is 724 g/mol. The molecule has 0 aliphatic carbocycles. The third kappa shape index (κ3) is 5.13. The quantitative estimate of drug-likeness (QED) is 0.169. The van der Waals surface area contributed by atoms with E-state index in [1.165, 1.54) is 85.9 Å². The molecule has 0 fully saturated rings. The Labute approximate surface area is 320 Å². The van der Waals surface area contributed by atoms with E-state index >= 15 is 0 Å². The van der Waals surface area contributed by atoms with Crippen LogP contribution in [0.15, 0.2) is 158 Å². The van der Waals surface area contributed by atoms with Gasteiger partial charge in [0.25, 0.3) is 0 Å². The maximum absolute atomic E-state index is 4.99. The molecule has 0 N–H and O–H groups in total. The van der Waals surface area contributed by atoms with Gasteiger partial charge in [-0.25, -0.2) is 9.97 Å². The summed E-state index contributed by atoms with van der Waals surface area (Å²) in [7, 11) is 0. The number of rotatable bonds is 4. The van der Waals surface area contributed by atoms with Crippen LogP contribution in [0.1, 0.15) is 11.1 Å². The fourth-order valence-corrected chi connectivity index (χ4v) is 10.2. The molecule has 9 aromatic carbocycles. The predicted molar refractivity (Wildman–Crippen MR) is 234 cm³/mol. The third-order valence-corrected chi connectivity index (χ3v) is 12.9. The lowest BCUT2D eigenvalue weighted by molar-refractivity contribution is 1.45. The number of hydrogen-bond acceptors (Lipinski definition) is 4. The SMILES string of the molecule is Cc1ccc2nc(-c3ccc(-c4c5ccccc5c(-c5ccc(-c6nc7ccc(C)cc7s6)cc5)c5cc6cc7ccccc7cc6cc45)cc3)sc2c1. The smallest absolute Gasteiger partial charge is 0.124 e. The highest BCUT2D eigenvalue weighted by atomic mass is 32.1. The summed E-state index contributed by atoms with van der Waals surface area (Å²) in [4.78, 5) is 9.97. The molecule has 11 aromatic rings. The van der Waals surface area contributed by atoms with E-state index in [0.717, 1.165) is 32.2 Å². The molecule has 54 heavy (non-hydrogen) atoms. The molecule has 2 heterocycles. The third-order valence-electron chi connectivity index (χ3n) is 10.8. The van der Waals surface area contributed by atoms with E-state index in [9.17, 15) is 0 Å². The van der Waals surface area contributed by atoms with Crippen molar-refractivity contribution < 1.29 is 0 Å². The molecule has 0 amide bonds. The second kappa shape index (κ2) is 12.2. The van der Waals surface area contributed by atoms with Crippen LogP contribution in [0, 0.1) is 13.8 Å². The number of fused-ring (bicyclic) bond motifs is 6. The van der Waals surface area contributed by atoms with Gasteiger partial charge in [0.05, 0.1) is 20.4 Å². The summed E-state index contributed by atoms with van der Waals surface area (Å²) >= 11 is 3.52. The van der Waals surface area contributed by atoms with Crippen molar-refractivity contribution >= 4 is 86.2 Å². The lowest BCUT2D eigenvalue weighted by Gasteiger charge is -2.19. The first-order valence-corrected chi connectivity index (χ1v) is 19.9. The summed E-state index contributed by atoms with van der Waals surface area (Å²) in [6.45, 7) is 4.28. The van der Waals surface area contributed by atoms with Crippen LogP contribution in [0.25, 0.3) is 107 Å². The largest absolute Gasteiger partial charge is 0.236 e. The molecule has 0 saturated carbocycles. The Balaban J connectivity index is 1.13. The van der Waals surface area contributed by atoms with E-state index in [1.54, 1.807) is 22.7 Å². The maximum atomic E-state index is 4.99. The number of benzene rings is 9. The minimum atomic E-state index is 1.05. The number of thiazole rings is 2. The van der Waals surface area contributed by atoms with Crippen molar-refractivity contribution in [2.45, 2.75) is 13.8 Å². The number of hydrogen-bond donors (Lipinski definition) is 0. The highest BCUT2D eigenvalue weighted by molar-refractivity contribution is 7.22. The fourth-order valence-electron chi connectivity index (χ4n) is 8.11. The van der Waals surface area contributed by atoms with Crippen LogP contribution in [0.4, 0.5) is 0 Å². The molecule has 4 heteroatoms. The van der Waals surface area contributed by atoms with E-state index in [1.807, 2.05) is 0 Å². The number of nitrogens with zero attached hydrogens (tertiary/aromatic N) is 2. The molecular weight excluding hydrogens is 693 g/mol. The molecule has 2 nitrogen and oxygen atoms in total. The average molecular weight is 725 g/mol. The normalized spacial score (nSPS) is 11.9. The molecule has 0 unspecified atom stereocenters. The van der Waals surface area contributed by atoms with E-state index in [2.05, 4.69) is 172 Å². The molecular formula is C50H32N2S2. The number of aryl methyl sites for hydroxylation is 2. The lowest BCUT2D eigenvalue weighted by atomic mass is 9.84. The Morgan fingerprint density at radius 1 is 0.352 bits per heavy atom. The van der Waals surface area contributed by atoms with Crippen LogP contribution in [-0.2, 0) is 0 Å². The fraction of sp³-hybridized carbons (Fsp3) is 0.0400. The molecule has 0 bridgehead atoms. The van der Waals surface area contributed by atoms with E-state index < -0.39 is 0 Å². The molecule has 0 aliphatic rings. The Kier molecular flexibility index (Phi) is 7.06. The highest BCUT2D eigenvalue weighted by Crippen LogP contribution is 2.46. The van der Waals surface area contributed by atoms with Gasteiger partial charge in [-0.2, -0.15) is 0 Å². The predicted octanol–water partition coefficient (Wildman–Crippen LogP) is 14.8. The highest BCUT2D eigenvalue weighted by Gasteiger charge is 2.19. The van der Waals surface area contributed by atoms with Gasteiger partial charge in [-0.15, -0.1) is 22.7 Å². The average Bonchev–Trinajstić information content (AvgIpc) is 3.83. The standard InChI is InChI=1S/C50H32N2S2/c1-29-11-21-43-45(23-29)53-49(51-43)33-17-13-31(14-18-33)47-39-9-5-6-10-40(39)48(42-28-38-26-36-8-4-3-7-35(36)25-37(38)27-41(42)47)32-15-19-34(20-16-32)50-52-44-22-12-30(2)24-46(44)54-50/h3-28H,1-2H3. The summed E-state index contributed by atoms with van der Waals surface area (Å²) in [6, 6.07) is 58.2. The van der Waals surface area contributed by atoms with Crippen molar-refractivity contribution in [3.8, 4) is 43.4 Å². The zero-order valence-electron chi connectivity index (χ0n) is 29.7. The molecule has 254 valence electrons. The molecule has 0 spiro atoms. The van der Waals surface area contributed by atoms with Crippen LogP contribution in [-0.4, -0.2) is 9.97 Å². The van der Waals surface area contributed by atoms with Crippen LogP contribution in [0.2, 0.25) is 0 Å². The van der Waals surface area contributed by atoms with Gasteiger partial charge < -0.3 is 0 Å². The van der Waals surface area contributed by atoms with Crippen molar-refractivity contribution in [2.75, 3.05) is 0 Å². The number of aromatic nitrogens is 2. The first kappa shape index (κ1) is 31.3. The van der Waals surface area contributed by atoms with Crippen molar-refractivity contribution in [3.05, 3.63) is 169 Å². The van der Waals surface area contributed by atoms with E-state index in [4.69, 9.17) is 9.97 Å². The first-order chi connectivity index (χ1) is 26.5. The van der Waals surface area contributed by atoms with Gasteiger partial charge in [0.15, 0.2) is 0 Å². The lowest BCUT2D eigenvalue weighted by Crippen LogP contribution is -1.92. The first-order valence-electron chi connectivity index (χ1n) is 18.3. The maximum Gasteiger partial charge on any atom is 0.124 e.